The van der Waals surface area contributed by atoms with E-state index in [1.165, 1.54) is 0 Å². The Labute approximate surface area is 194 Å². The summed E-state index contributed by atoms with van der Waals surface area (Å²) < 4.78 is 26.4. The average Bonchev–Trinajstić information content (AvgIpc) is 3.47. The van der Waals surface area contributed by atoms with Crippen LogP contribution in [0.15, 0.2) is 121 Å². The van der Waals surface area contributed by atoms with Crippen LogP contribution >= 0.6 is 8.17 Å². The summed E-state index contributed by atoms with van der Waals surface area (Å²) >= 11 is 0. The maximum absolute atomic E-state index is 6.61. The molecule has 6 rings (SSSR count). The molecule has 1 spiro atoms. The van der Waals surface area contributed by atoms with Crippen molar-refractivity contribution in [1.82, 2.24) is 0 Å². The maximum Gasteiger partial charge on any atom is 0.578 e. The van der Waals surface area contributed by atoms with Crippen molar-refractivity contribution in [3.63, 3.8) is 0 Å². The fraction of sp³-hybridized carbons (Fsp3) is 0.143. The molecule has 0 saturated carbocycles. The number of benzene rings is 4. The van der Waals surface area contributed by atoms with Crippen molar-refractivity contribution in [2.45, 2.75) is 24.4 Å². The van der Waals surface area contributed by atoms with E-state index in [0.717, 1.165) is 22.3 Å². The Morgan fingerprint density at radius 1 is 0.333 bits per heavy atom. The SMILES string of the molecule is c1ccc([C@@H]2O[P+]3(O[C@H]2c2ccccc2)O[C@@H](c2ccccc2)[C@H](c2ccccc2)O3)cc1. The van der Waals surface area contributed by atoms with Gasteiger partial charge in [0.05, 0.1) is 0 Å². The first kappa shape index (κ1) is 20.7. The van der Waals surface area contributed by atoms with Crippen molar-refractivity contribution in [1.29, 1.82) is 0 Å². The summed E-state index contributed by atoms with van der Waals surface area (Å²) in [5.41, 5.74) is 4.15. The van der Waals surface area contributed by atoms with Crippen LogP contribution in [-0.2, 0) is 18.1 Å². The highest BCUT2D eigenvalue weighted by atomic mass is 31.2. The minimum atomic E-state index is -3.08. The molecule has 0 unspecified atom stereocenters. The second-order valence-electron chi connectivity index (χ2n) is 8.19. The predicted molar refractivity (Wildman–Crippen MR) is 128 cm³/mol. The first-order chi connectivity index (χ1) is 16.3. The zero-order chi connectivity index (χ0) is 22.1. The van der Waals surface area contributed by atoms with Crippen LogP contribution in [-0.4, -0.2) is 0 Å². The van der Waals surface area contributed by atoms with E-state index in [-0.39, 0.29) is 24.4 Å². The van der Waals surface area contributed by atoms with Gasteiger partial charge in [0, 0.05) is 0 Å². The van der Waals surface area contributed by atoms with Crippen LogP contribution in [0.4, 0.5) is 0 Å². The molecule has 2 fully saturated rings. The Balaban J connectivity index is 1.40. The van der Waals surface area contributed by atoms with Gasteiger partial charge in [-0.3, -0.25) is 0 Å². The molecule has 0 aromatic heterocycles. The van der Waals surface area contributed by atoms with E-state index < -0.39 is 8.17 Å². The van der Waals surface area contributed by atoms with Crippen LogP contribution in [0.5, 0.6) is 0 Å². The van der Waals surface area contributed by atoms with Gasteiger partial charge in [-0.2, -0.15) is 0 Å². The summed E-state index contributed by atoms with van der Waals surface area (Å²) in [6.45, 7) is 0. The van der Waals surface area contributed by atoms with Gasteiger partial charge >= 0.3 is 8.17 Å². The smallest absolute Gasteiger partial charge is 0.142 e. The van der Waals surface area contributed by atoms with Crippen LogP contribution in [0, 0.1) is 0 Å². The van der Waals surface area contributed by atoms with Gasteiger partial charge in [0.1, 0.15) is 0 Å². The van der Waals surface area contributed by atoms with Crippen molar-refractivity contribution in [2.75, 3.05) is 0 Å². The molecule has 2 saturated heterocycles. The fourth-order valence-electron chi connectivity index (χ4n) is 4.44. The van der Waals surface area contributed by atoms with Crippen molar-refractivity contribution >= 4 is 8.17 Å². The summed E-state index contributed by atoms with van der Waals surface area (Å²) in [7, 11) is -3.08. The van der Waals surface area contributed by atoms with Crippen LogP contribution in [0.3, 0.4) is 0 Å². The molecule has 33 heavy (non-hydrogen) atoms. The molecule has 5 heteroatoms. The summed E-state index contributed by atoms with van der Waals surface area (Å²) in [5, 5.41) is 0. The van der Waals surface area contributed by atoms with Crippen LogP contribution in [0.1, 0.15) is 46.7 Å². The van der Waals surface area contributed by atoms with Gasteiger partial charge in [0.15, 0.2) is 24.4 Å². The van der Waals surface area contributed by atoms with Crippen molar-refractivity contribution in [3.8, 4) is 0 Å². The molecular formula is C28H24O4P+. The van der Waals surface area contributed by atoms with Gasteiger partial charge in [0.2, 0.25) is 0 Å². The Hall–Kier alpha value is -2.85. The molecule has 4 atom stereocenters. The number of rotatable bonds is 4. The van der Waals surface area contributed by atoms with E-state index in [1.807, 2.05) is 72.8 Å². The minimum Gasteiger partial charge on any atom is -0.142 e. The minimum absolute atomic E-state index is 0.326. The lowest BCUT2D eigenvalue weighted by Crippen LogP contribution is -2.06. The molecule has 2 aliphatic rings. The largest absolute Gasteiger partial charge is 0.578 e. The van der Waals surface area contributed by atoms with E-state index in [4.69, 9.17) is 18.1 Å². The van der Waals surface area contributed by atoms with E-state index in [2.05, 4.69) is 48.5 Å². The lowest BCUT2D eigenvalue weighted by atomic mass is 9.99. The molecule has 0 radical (unpaired) electrons. The summed E-state index contributed by atoms with van der Waals surface area (Å²) in [6, 6.07) is 40.6. The van der Waals surface area contributed by atoms with Gasteiger partial charge in [-0.15, -0.1) is 18.1 Å². The third-order valence-corrected chi connectivity index (χ3v) is 7.97. The second-order valence-corrected chi connectivity index (χ2v) is 9.93. The monoisotopic (exact) mass is 455 g/mol. The molecule has 0 N–H and O–H groups in total. The molecule has 0 aliphatic carbocycles. The highest BCUT2D eigenvalue weighted by Gasteiger charge is 2.70. The highest BCUT2D eigenvalue weighted by molar-refractivity contribution is 7.57. The fourth-order valence-corrected chi connectivity index (χ4v) is 6.78. The summed E-state index contributed by atoms with van der Waals surface area (Å²) in [6.07, 6.45) is -1.30. The van der Waals surface area contributed by atoms with Crippen molar-refractivity contribution in [3.05, 3.63) is 144 Å². The lowest BCUT2D eigenvalue weighted by Gasteiger charge is -2.12. The van der Waals surface area contributed by atoms with E-state index in [0.29, 0.717) is 0 Å². The molecule has 4 nitrogen and oxygen atoms in total. The Morgan fingerprint density at radius 2 is 0.545 bits per heavy atom. The number of hydrogen-bond acceptors (Lipinski definition) is 4. The van der Waals surface area contributed by atoms with Crippen molar-refractivity contribution < 1.29 is 18.1 Å². The zero-order valence-electron chi connectivity index (χ0n) is 17.9. The highest BCUT2D eigenvalue weighted by Crippen LogP contribution is 2.82. The first-order valence-corrected chi connectivity index (χ1v) is 12.6. The van der Waals surface area contributed by atoms with Crippen LogP contribution in [0.25, 0.3) is 0 Å². The lowest BCUT2D eigenvalue weighted by molar-refractivity contribution is 0.159. The molecule has 0 amide bonds. The predicted octanol–water partition coefficient (Wildman–Crippen LogP) is 7.72. The molecule has 0 bridgehead atoms. The average molecular weight is 455 g/mol. The third-order valence-electron chi connectivity index (χ3n) is 6.03. The normalized spacial score (nSPS) is 25.9. The van der Waals surface area contributed by atoms with Crippen LogP contribution in [0.2, 0.25) is 0 Å². The van der Waals surface area contributed by atoms with Gasteiger partial charge in [-0.25, -0.2) is 0 Å². The zero-order valence-corrected chi connectivity index (χ0v) is 18.8. The molecule has 164 valence electrons. The van der Waals surface area contributed by atoms with Crippen molar-refractivity contribution in [2.24, 2.45) is 0 Å². The molecule has 2 aliphatic heterocycles. The topological polar surface area (TPSA) is 36.9 Å². The van der Waals surface area contributed by atoms with Gasteiger partial charge in [0.25, 0.3) is 0 Å². The van der Waals surface area contributed by atoms with Gasteiger partial charge in [-0.1, -0.05) is 121 Å². The molecule has 2 heterocycles. The molecule has 4 aromatic carbocycles. The summed E-state index contributed by atoms with van der Waals surface area (Å²) in [4.78, 5) is 0. The Bertz CT molecular complexity index is 992. The second kappa shape index (κ2) is 8.83. The number of hydrogen-bond donors (Lipinski definition) is 0. The standard InChI is InChI=1S/C28H24O4P/c1-5-13-21(14-6-1)25-26(22-15-7-2-8-16-22)30-33(29-25)31-27(23-17-9-3-10-18-23)28(32-33)24-19-11-4-12-20-24/h1-20,25-28H/q+1/t25-,26-,27-,28-/m0/s1. The van der Waals surface area contributed by atoms with E-state index in [1.54, 1.807) is 0 Å². The van der Waals surface area contributed by atoms with Gasteiger partial charge in [-0.05, 0) is 22.3 Å². The Morgan fingerprint density at radius 3 is 0.758 bits per heavy atom. The van der Waals surface area contributed by atoms with E-state index in [9.17, 15) is 0 Å². The summed E-state index contributed by atoms with van der Waals surface area (Å²) in [5.74, 6) is 0. The van der Waals surface area contributed by atoms with Gasteiger partial charge < -0.3 is 0 Å². The third kappa shape index (κ3) is 4.02. The maximum atomic E-state index is 6.61. The van der Waals surface area contributed by atoms with Crippen LogP contribution < -0.4 is 0 Å². The van der Waals surface area contributed by atoms with E-state index >= 15 is 0 Å². The Kier molecular flexibility index (Phi) is 5.55. The quantitative estimate of drug-likeness (QED) is 0.295. The molecule has 4 aromatic rings. The first-order valence-electron chi connectivity index (χ1n) is 11.1. The molecular weight excluding hydrogens is 431 g/mol.